The molecule has 1 aromatic rings. The van der Waals surface area contributed by atoms with Crippen LogP contribution in [0.3, 0.4) is 0 Å². The van der Waals surface area contributed by atoms with Gasteiger partial charge in [0.15, 0.2) is 6.10 Å². The van der Waals surface area contributed by atoms with Gasteiger partial charge in [0.1, 0.15) is 5.82 Å². The minimum absolute atomic E-state index is 0.0407. The van der Waals surface area contributed by atoms with E-state index < -0.39 is 12.1 Å². The molecule has 1 aromatic carbocycles. The normalized spacial score (nSPS) is 12.2. The zero-order valence-corrected chi connectivity index (χ0v) is 8.22. The van der Waals surface area contributed by atoms with E-state index in [2.05, 4.69) is 0 Å². The Morgan fingerprint density at radius 3 is 2.47 bits per heavy atom. The summed E-state index contributed by atoms with van der Waals surface area (Å²) in [7, 11) is 1.62. The molecule has 0 aliphatic heterocycles. The van der Waals surface area contributed by atoms with Crippen LogP contribution in [-0.4, -0.2) is 35.9 Å². The second kappa shape index (κ2) is 4.75. The summed E-state index contributed by atoms with van der Waals surface area (Å²) in [6, 6.07) is 5.59. The molecule has 0 aliphatic carbocycles. The number of hydrogen-bond acceptors (Lipinski definition) is 3. The predicted molar refractivity (Wildman–Crippen MR) is 53.3 cm³/mol. The fourth-order valence-electron chi connectivity index (χ4n) is 1.14. The third-order valence-corrected chi connectivity index (χ3v) is 2.00. The molecule has 0 aromatic heterocycles. The van der Waals surface area contributed by atoms with Crippen LogP contribution in [-0.2, 0) is 4.79 Å². The summed E-state index contributed by atoms with van der Waals surface area (Å²) in [6.07, 6.45) is -1.44. The molecule has 0 saturated heterocycles. The van der Waals surface area contributed by atoms with Crippen molar-refractivity contribution in [1.29, 1.82) is 0 Å². The van der Waals surface area contributed by atoms with Crippen molar-refractivity contribution in [3.63, 3.8) is 0 Å². The Hall–Kier alpha value is -1.62. The zero-order chi connectivity index (χ0) is 11.4. The Labute approximate surface area is 86.6 Å². The third-order valence-electron chi connectivity index (χ3n) is 2.00. The first-order chi connectivity index (χ1) is 7.00. The van der Waals surface area contributed by atoms with Gasteiger partial charge in [0.25, 0.3) is 0 Å². The Kier molecular flexibility index (Phi) is 3.62. The van der Waals surface area contributed by atoms with E-state index in [9.17, 15) is 9.18 Å². The SMILES string of the molecule is CN(CC(O)C(=O)O)c1ccc(F)cc1. The summed E-state index contributed by atoms with van der Waals surface area (Å²) in [5.74, 6) is -1.63. The van der Waals surface area contributed by atoms with Gasteiger partial charge in [-0.05, 0) is 24.3 Å². The van der Waals surface area contributed by atoms with E-state index in [1.807, 2.05) is 0 Å². The number of nitrogens with zero attached hydrogens (tertiary/aromatic N) is 1. The largest absolute Gasteiger partial charge is 0.479 e. The molecular formula is C10H12FNO3. The van der Waals surface area contributed by atoms with Crippen LogP contribution >= 0.6 is 0 Å². The average Bonchev–Trinajstić information content (AvgIpc) is 2.18. The second-order valence-electron chi connectivity index (χ2n) is 3.21. The van der Waals surface area contributed by atoms with Crippen molar-refractivity contribution in [3.8, 4) is 0 Å². The lowest BCUT2D eigenvalue weighted by molar-refractivity contribution is -0.146. The highest BCUT2D eigenvalue weighted by molar-refractivity contribution is 5.72. The number of anilines is 1. The molecule has 0 radical (unpaired) electrons. The summed E-state index contributed by atoms with van der Waals surface area (Å²) >= 11 is 0. The molecule has 1 unspecified atom stereocenters. The first-order valence-corrected chi connectivity index (χ1v) is 4.38. The van der Waals surface area contributed by atoms with Gasteiger partial charge >= 0.3 is 5.97 Å². The van der Waals surface area contributed by atoms with E-state index in [0.717, 1.165) is 0 Å². The Bertz CT molecular complexity index is 339. The van der Waals surface area contributed by atoms with E-state index in [1.165, 1.54) is 29.2 Å². The van der Waals surface area contributed by atoms with Crippen molar-refractivity contribution in [3.05, 3.63) is 30.1 Å². The lowest BCUT2D eigenvalue weighted by Crippen LogP contribution is -2.34. The van der Waals surface area contributed by atoms with Gasteiger partial charge in [-0.25, -0.2) is 9.18 Å². The lowest BCUT2D eigenvalue weighted by Gasteiger charge is -2.20. The number of aliphatic hydroxyl groups is 1. The summed E-state index contributed by atoms with van der Waals surface area (Å²) < 4.78 is 12.6. The Balaban J connectivity index is 2.64. The molecule has 0 aliphatic rings. The van der Waals surface area contributed by atoms with E-state index in [0.29, 0.717) is 5.69 Å². The molecule has 1 rings (SSSR count). The van der Waals surface area contributed by atoms with E-state index in [-0.39, 0.29) is 12.4 Å². The van der Waals surface area contributed by atoms with Crippen LogP contribution in [0.2, 0.25) is 0 Å². The van der Waals surface area contributed by atoms with Gasteiger partial charge in [0.2, 0.25) is 0 Å². The topological polar surface area (TPSA) is 60.8 Å². The quantitative estimate of drug-likeness (QED) is 0.773. The smallest absolute Gasteiger partial charge is 0.334 e. The van der Waals surface area contributed by atoms with Crippen molar-refractivity contribution in [1.82, 2.24) is 0 Å². The average molecular weight is 213 g/mol. The zero-order valence-electron chi connectivity index (χ0n) is 8.22. The maximum Gasteiger partial charge on any atom is 0.334 e. The summed E-state index contributed by atoms with van der Waals surface area (Å²) in [6.45, 7) is -0.0407. The van der Waals surface area contributed by atoms with Crippen LogP contribution in [0.4, 0.5) is 10.1 Å². The molecular weight excluding hydrogens is 201 g/mol. The van der Waals surface area contributed by atoms with Crippen molar-refractivity contribution in [2.24, 2.45) is 0 Å². The minimum Gasteiger partial charge on any atom is -0.479 e. The van der Waals surface area contributed by atoms with Crippen LogP contribution in [0, 0.1) is 5.82 Å². The Morgan fingerprint density at radius 1 is 1.47 bits per heavy atom. The molecule has 2 N–H and O–H groups in total. The van der Waals surface area contributed by atoms with Crippen LogP contribution in [0.5, 0.6) is 0 Å². The first kappa shape index (κ1) is 11.5. The third kappa shape index (κ3) is 3.21. The molecule has 0 spiro atoms. The fourth-order valence-corrected chi connectivity index (χ4v) is 1.14. The number of benzene rings is 1. The van der Waals surface area contributed by atoms with Crippen molar-refractivity contribution < 1.29 is 19.4 Å². The van der Waals surface area contributed by atoms with Crippen LogP contribution in [0.15, 0.2) is 24.3 Å². The molecule has 0 saturated carbocycles. The monoisotopic (exact) mass is 213 g/mol. The number of aliphatic hydroxyl groups excluding tert-OH is 1. The minimum atomic E-state index is -1.44. The molecule has 1 atom stereocenters. The van der Waals surface area contributed by atoms with Crippen molar-refractivity contribution >= 4 is 11.7 Å². The van der Waals surface area contributed by atoms with Crippen molar-refractivity contribution in [2.75, 3.05) is 18.5 Å². The van der Waals surface area contributed by atoms with E-state index in [1.54, 1.807) is 7.05 Å². The summed E-state index contributed by atoms with van der Waals surface area (Å²) in [5, 5.41) is 17.6. The highest BCUT2D eigenvalue weighted by Gasteiger charge is 2.15. The first-order valence-electron chi connectivity index (χ1n) is 4.38. The number of halogens is 1. The maximum absolute atomic E-state index is 12.6. The Morgan fingerprint density at radius 2 is 2.00 bits per heavy atom. The summed E-state index contributed by atoms with van der Waals surface area (Å²) in [4.78, 5) is 11.9. The molecule has 0 heterocycles. The van der Waals surface area contributed by atoms with Crippen molar-refractivity contribution in [2.45, 2.75) is 6.10 Å². The second-order valence-corrected chi connectivity index (χ2v) is 3.21. The number of rotatable bonds is 4. The number of carboxylic acids is 1. The van der Waals surface area contributed by atoms with Crippen LogP contribution in [0.25, 0.3) is 0 Å². The van der Waals surface area contributed by atoms with Crippen LogP contribution < -0.4 is 4.90 Å². The summed E-state index contributed by atoms with van der Waals surface area (Å²) in [5.41, 5.74) is 0.650. The molecule has 0 fully saturated rings. The maximum atomic E-state index is 12.6. The number of hydrogen-bond donors (Lipinski definition) is 2. The molecule has 0 amide bonds. The van der Waals surface area contributed by atoms with Crippen LogP contribution in [0.1, 0.15) is 0 Å². The number of carbonyl (C=O) groups is 1. The molecule has 0 bridgehead atoms. The standard InChI is InChI=1S/C10H12FNO3/c1-12(6-9(13)10(14)15)8-4-2-7(11)3-5-8/h2-5,9,13H,6H2,1H3,(H,14,15). The lowest BCUT2D eigenvalue weighted by atomic mass is 10.2. The van der Waals surface area contributed by atoms with E-state index >= 15 is 0 Å². The highest BCUT2D eigenvalue weighted by Crippen LogP contribution is 2.13. The molecule has 15 heavy (non-hydrogen) atoms. The van der Waals surface area contributed by atoms with Gasteiger partial charge in [-0.2, -0.15) is 0 Å². The fraction of sp³-hybridized carbons (Fsp3) is 0.300. The number of carboxylic acid groups (broad SMARTS) is 1. The van der Waals surface area contributed by atoms with Gasteiger partial charge < -0.3 is 15.1 Å². The van der Waals surface area contributed by atoms with Gasteiger partial charge in [0.05, 0.1) is 6.54 Å². The molecule has 5 heteroatoms. The van der Waals surface area contributed by atoms with Gasteiger partial charge in [0, 0.05) is 12.7 Å². The number of likely N-dealkylation sites (N-methyl/N-ethyl adjacent to an activating group) is 1. The van der Waals surface area contributed by atoms with Gasteiger partial charge in [-0.1, -0.05) is 0 Å². The van der Waals surface area contributed by atoms with Gasteiger partial charge in [-0.3, -0.25) is 0 Å². The highest BCUT2D eigenvalue weighted by atomic mass is 19.1. The van der Waals surface area contributed by atoms with Gasteiger partial charge in [-0.15, -0.1) is 0 Å². The molecule has 82 valence electrons. The number of aliphatic carboxylic acids is 1. The predicted octanol–water partition coefficient (Wildman–Crippen LogP) is 0.707. The molecule has 4 nitrogen and oxygen atoms in total. The van der Waals surface area contributed by atoms with E-state index in [4.69, 9.17) is 10.2 Å².